The van der Waals surface area contributed by atoms with Gasteiger partial charge in [-0.15, -0.1) is 11.8 Å². The topological polar surface area (TPSA) is 110 Å². The number of thioether (sulfide) groups is 1. The maximum absolute atomic E-state index is 11.7. The molecule has 0 aliphatic carbocycles. The highest BCUT2D eigenvalue weighted by Gasteiger charge is 2.31. The zero-order valence-corrected chi connectivity index (χ0v) is 16.9. The fourth-order valence-corrected chi connectivity index (χ4v) is 5.09. The fourth-order valence-electron chi connectivity index (χ4n) is 3.93. The van der Waals surface area contributed by atoms with Crippen molar-refractivity contribution in [3.8, 4) is 6.07 Å². The molecule has 0 radical (unpaired) electrons. The molecule has 1 aromatic heterocycles. The summed E-state index contributed by atoms with van der Waals surface area (Å²) in [5.74, 6) is 1.00. The Morgan fingerprint density at radius 3 is 2.86 bits per heavy atom. The van der Waals surface area contributed by atoms with Crippen molar-refractivity contribution < 1.29 is 9.90 Å². The van der Waals surface area contributed by atoms with Crippen molar-refractivity contribution in [3.05, 3.63) is 36.0 Å². The van der Waals surface area contributed by atoms with Crippen LogP contribution < -0.4 is 10.6 Å². The number of piperazine rings is 1. The van der Waals surface area contributed by atoms with Gasteiger partial charge in [0.15, 0.2) is 0 Å². The molecule has 3 N–H and O–H groups in total. The minimum Gasteiger partial charge on any atom is -0.377 e. The third kappa shape index (κ3) is 4.16. The molecule has 2 atom stereocenters. The average Bonchev–Trinajstić information content (AvgIpc) is 3.22. The van der Waals surface area contributed by atoms with E-state index in [4.69, 9.17) is 5.73 Å². The smallest absolute Gasteiger partial charge is 0.249 e. The molecule has 0 saturated carbocycles. The van der Waals surface area contributed by atoms with Crippen LogP contribution in [0.4, 0.5) is 5.69 Å². The van der Waals surface area contributed by atoms with Crippen LogP contribution in [0, 0.1) is 11.3 Å². The standard InChI is InChI=1S/C20H24N6O2S/c21-10-15-12-29-13-26(15)19(27)11-24-5-7-25(8-6-24)14-1-2-18-17(9-14)16(20(22)28)3-4-23-18/h1-4,9,15,19,27H,5-8,11-13H2,(H2,22,28)/t15-,19-/m1/s1. The maximum atomic E-state index is 11.7. The lowest BCUT2D eigenvalue weighted by molar-refractivity contribution is -0.0154. The van der Waals surface area contributed by atoms with Crippen LogP contribution in [0.2, 0.25) is 0 Å². The number of fused-ring (bicyclic) bond motifs is 1. The molecule has 0 spiro atoms. The number of pyridine rings is 1. The second kappa shape index (κ2) is 8.55. The van der Waals surface area contributed by atoms with Gasteiger partial charge in [-0.1, -0.05) is 0 Å². The second-order valence-electron chi connectivity index (χ2n) is 7.35. The number of benzene rings is 1. The van der Waals surface area contributed by atoms with Gasteiger partial charge in [0.25, 0.3) is 0 Å². The van der Waals surface area contributed by atoms with Gasteiger partial charge in [-0.2, -0.15) is 5.26 Å². The summed E-state index contributed by atoms with van der Waals surface area (Å²) < 4.78 is 0. The summed E-state index contributed by atoms with van der Waals surface area (Å²) in [6, 6.07) is 9.63. The van der Waals surface area contributed by atoms with Crippen molar-refractivity contribution in [1.29, 1.82) is 5.26 Å². The van der Waals surface area contributed by atoms with Crippen molar-refractivity contribution >= 4 is 34.3 Å². The molecule has 1 amide bonds. The number of nitrogens with zero attached hydrogens (tertiary/aromatic N) is 5. The summed E-state index contributed by atoms with van der Waals surface area (Å²) in [5, 5.41) is 20.5. The number of carbonyl (C=O) groups excluding carboxylic acids is 1. The van der Waals surface area contributed by atoms with E-state index in [2.05, 4.69) is 20.9 Å². The van der Waals surface area contributed by atoms with Crippen LogP contribution in [0.25, 0.3) is 10.9 Å². The highest BCUT2D eigenvalue weighted by atomic mass is 32.2. The Kier molecular flexibility index (Phi) is 5.87. The predicted octanol–water partition coefficient (Wildman–Crippen LogP) is 0.673. The summed E-state index contributed by atoms with van der Waals surface area (Å²) in [5.41, 5.74) is 7.78. The molecule has 29 heavy (non-hydrogen) atoms. The van der Waals surface area contributed by atoms with E-state index in [1.165, 1.54) is 0 Å². The van der Waals surface area contributed by atoms with E-state index in [-0.39, 0.29) is 6.04 Å². The number of anilines is 1. The van der Waals surface area contributed by atoms with Gasteiger partial charge < -0.3 is 15.7 Å². The first-order chi connectivity index (χ1) is 14.1. The normalized spacial score (nSPS) is 21.9. The molecular weight excluding hydrogens is 388 g/mol. The zero-order valence-electron chi connectivity index (χ0n) is 16.1. The number of nitrogens with two attached hydrogens (primary N) is 1. The van der Waals surface area contributed by atoms with Gasteiger partial charge in [-0.3, -0.25) is 19.6 Å². The second-order valence-corrected chi connectivity index (χ2v) is 8.35. The van der Waals surface area contributed by atoms with E-state index in [1.54, 1.807) is 24.0 Å². The molecular formula is C20H24N6O2S. The summed E-state index contributed by atoms with van der Waals surface area (Å²) >= 11 is 1.69. The minimum atomic E-state index is -0.619. The number of nitriles is 1. The lowest BCUT2D eigenvalue weighted by Crippen LogP contribution is -2.52. The molecule has 4 rings (SSSR count). The number of carbonyl (C=O) groups is 1. The number of amides is 1. The quantitative estimate of drug-likeness (QED) is 0.738. The Morgan fingerprint density at radius 1 is 1.34 bits per heavy atom. The van der Waals surface area contributed by atoms with Crippen molar-refractivity contribution in [2.75, 3.05) is 49.3 Å². The first kappa shape index (κ1) is 19.9. The van der Waals surface area contributed by atoms with Crippen molar-refractivity contribution in [1.82, 2.24) is 14.8 Å². The van der Waals surface area contributed by atoms with Gasteiger partial charge in [0.1, 0.15) is 12.3 Å². The number of rotatable bonds is 5. The van der Waals surface area contributed by atoms with Crippen LogP contribution in [0.1, 0.15) is 10.4 Å². The lowest BCUT2D eigenvalue weighted by Gasteiger charge is -2.38. The highest BCUT2D eigenvalue weighted by molar-refractivity contribution is 7.99. The molecule has 2 aromatic rings. The molecule has 2 aliphatic heterocycles. The Balaban J connectivity index is 1.40. The van der Waals surface area contributed by atoms with E-state index >= 15 is 0 Å². The van der Waals surface area contributed by atoms with Gasteiger partial charge in [0.2, 0.25) is 5.91 Å². The van der Waals surface area contributed by atoms with E-state index in [9.17, 15) is 15.2 Å². The molecule has 2 saturated heterocycles. The Morgan fingerprint density at radius 2 is 2.14 bits per heavy atom. The van der Waals surface area contributed by atoms with Crippen LogP contribution in [0.15, 0.2) is 30.5 Å². The molecule has 2 fully saturated rings. The number of aromatic nitrogens is 1. The third-order valence-corrected chi connectivity index (χ3v) is 6.63. The number of aliphatic hydroxyl groups is 1. The van der Waals surface area contributed by atoms with Crippen molar-refractivity contribution in [2.24, 2.45) is 5.73 Å². The van der Waals surface area contributed by atoms with E-state index in [0.29, 0.717) is 18.0 Å². The number of primary amides is 1. The maximum Gasteiger partial charge on any atom is 0.249 e. The van der Waals surface area contributed by atoms with Gasteiger partial charge in [-0.25, -0.2) is 0 Å². The SMILES string of the molecule is N#C[C@@H]1CSCN1[C@H](O)CN1CCN(c2ccc3nccc(C(N)=O)c3c2)CC1. The molecule has 3 heterocycles. The number of aliphatic hydroxyl groups excluding tert-OH is 1. The molecule has 8 nitrogen and oxygen atoms in total. The average molecular weight is 413 g/mol. The summed E-state index contributed by atoms with van der Waals surface area (Å²) in [6.07, 6.45) is 0.980. The summed E-state index contributed by atoms with van der Waals surface area (Å²) in [6.45, 7) is 3.83. The van der Waals surface area contributed by atoms with Crippen LogP contribution in [0.3, 0.4) is 0 Å². The van der Waals surface area contributed by atoms with Crippen LogP contribution >= 0.6 is 11.8 Å². The summed E-state index contributed by atoms with van der Waals surface area (Å²) in [7, 11) is 0. The largest absolute Gasteiger partial charge is 0.377 e. The zero-order chi connectivity index (χ0) is 20.4. The first-order valence-electron chi connectivity index (χ1n) is 9.64. The molecule has 1 aromatic carbocycles. The van der Waals surface area contributed by atoms with Crippen molar-refractivity contribution in [3.63, 3.8) is 0 Å². The van der Waals surface area contributed by atoms with Gasteiger partial charge in [0, 0.05) is 61.6 Å². The fraction of sp³-hybridized carbons (Fsp3) is 0.450. The number of hydrogen-bond acceptors (Lipinski definition) is 8. The van der Waals surface area contributed by atoms with E-state index < -0.39 is 12.1 Å². The lowest BCUT2D eigenvalue weighted by atomic mass is 10.1. The first-order valence-corrected chi connectivity index (χ1v) is 10.8. The molecule has 0 unspecified atom stereocenters. The molecule has 9 heteroatoms. The Hall–Kier alpha value is -2.38. The third-order valence-electron chi connectivity index (χ3n) is 5.60. The Labute approximate surface area is 173 Å². The van der Waals surface area contributed by atoms with Crippen LogP contribution in [0.5, 0.6) is 0 Å². The van der Waals surface area contributed by atoms with Gasteiger partial charge in [-0.05, 0) is 24.3 Å². The van der Waals surface area contributed by atoms with E-state index in [0.717, 1.165) is 48.5 Å². The molecule has 0 bridgehead atoms. The Bertz CT molecular complexity index is 940. The number of β-amino-alcohol motifs (C(OH)–C–C–N with tert-alkyl or cyclic N) is 1. The molecule has 2 aliphatic rings. The van der Waals surface area contributed by atoms with Crippen LogP contribution in [-0.4, -0.2) is 82.4 Å². The highest BCUT2D eigenvalue weighted by Crippen LogP contribution is 2.25. The number of hydrogen-bond donors (Lipinski definition) is 2. The predicted molar refractivity (Wildman–Crippen MR) is 113 cm³/mol. The van der Waals surface area contributed by atoms with Crippen molar-refractivity contribution in [2.45, 2.75) is 12.3 Å². The summed E-state index contributed by atoms with van der Waals surface area (Å²) in [4.78, 5) is 22.4. The van der Waals surface area contributed by atoms with Gasteiger partial charge in [0.05, 0.1) is 17.1 Å². The van der Waals surface area contributed by atoms with Gasteiger partial charge >= 0.3 is 0 Å². The molecule has 152 valence electrons. The minimum absolute atomic E-state index is 0.207. The monoisotopic (exact) mass is 412 g/mol. The van der Waals surface area contributed by atoms with E-state index in [1.807, 2.05) is 23.1 Å². The van der Waals surface area contributed by atoms with Crippen LogP contribution in [-0.2, 0) is 0 Å².